The van der Waals surface area contributed by atoms with E-state index in [4.69, 9.17) is 0 Å². The van der Waals surface area contributed by atoms with Crippen LogP contribution < -0.4 is 0 Å². The molecule has 0 bridgehead atoms. The van der Waals surface area contributed by atoms with Gasteiger partial charge >= 0.3 is 0 Å². The second-order valence-electron chi connectivity index (χ2n) is 15.5. The lowest BCUT2D eigenvalue weighted by molar-refractivity contribution is -0.263. The highest BCUT2D eigenvalue weighted by atomic mass is 16.3. The monoisotopic (exact) mass is 428 g/mol. The fraction of sp³-hybridized carbons (Fsp3) is 1.00. The van der Waals surface area contributed by atoms with Gasteiger partial charge < -0.3 is 5.11 Å². The highest BCUT2D eigenvalue weighted by molar-refractivity contribution is 5.19. The Morgan fingerprint density at radius 2 is 1.19 bits per heavy atom. The standard InChI is InChI=1S/C30H52O/c1-20-21(31)9-10-22-27(20,5)12-11-23-28(22,6)16-18-30(8)24-19-25(2,3)13-14-26(24,4)15-17-29(23,30)7/h20-24,31H,9-19H2,1-8H3/t20?,21-,22?,23?,24+,26?,27?,28?,29?,30-/m0/s1. The molecule has 0 spiro atoms. The van der Waals surface area contributed by atoms with Gasteiger partial charge in [-0.2, -0.15) is 0 Å². The van der Waals surface area contributed by atoms with Gasteiger partial charge in [-0.25, -0.2) is 0 Å². The number of hydrogen-bond donors (Lipinski definition) is 1. The Bertz CT molecular complexity index is 741. The van der Waals surface area contributed by atoms with Crippen LogP contribution in [0.1, 0.15) is 126 Å². The smallest absolute Gasteiger partial charge is 0.0571 e. The van der Waals surface area contributed by atoms with Crippen LogP contribution in [0, 0.1) is 56.2 Å². The Morgan fingerprint density at radius 1 is 0.581 bits per heavy atom. The number of aliphatic hydroxyl groups excluding tert-OH is 1. The van der Waals surface area contributed by atoms with Crippen LogP contribution in [-0.2, 0) is 0 Å². The van der Waals surface area contributed by atoms with Crippen molar-refractivity contribution in [1.29, 1.82) is 0 Å². The average Bonchev–Trinajstić information content (AvgIpc) is 2.69. The quantitative estimate of drug-likeness (QED) is 0.412. The van der Waals surface area contributed by atoms with Crippen LogP contribution in [0.3, 0.4) is 0 Å². The molecule has 1 heteroatoms. The molecule has 5 fully saturated rings. The molecule has 0 heterocycles. The van der Waals surface area contributed by atoms with Gasteiger partial charge in [-0.05, 0) is 127 Å². The SMILES string of the molecule is CC1[C@@H](O)CCC2C1(C)CCC1C2(C)CC[C@@]2(C)[C@@H]3CC(C)(C)CCC3(C)CCC12C. The maximum Gasteiger partial charge on any atom is 0.0571 e. The molecular weight excluding hydrogens is 376 g/mol. The maximum atomic E-state index is 10.7. The second kappa shape index (κ2) is 6.55. The molecule has 0 aromatic carbocycles. The van der Waals surface area contributed by atoms with Crippen LogP contribution in [0.2, 0.25) is 0 Å². The van der Waals surface area contributed by atoms with E-state index in [0.717, 1.165) is 24.2 Å². The summed E-state index contributed by atoms with van der Waals surface area (Å²) in [6.07, 6.45) is 15.1. The highest BCUT2D eigenvalue weighted by Gasteiger charge is 2.70. The number of fused-ring (bicyclic) bond motifs is 7. The zero-order valence-corrected chi connectivity index (χ0v) is 22.1. The number of rotatable bonds is 0. The van der Waals surface area contributed by atoms with Gasteiger partial charge in [-0.1, -0.05) is 55.4 Å². The van der Waals surface area contributed by atoms with E-state index in [-0.39, 0.29) is 6.10 Å². The maximum absolute atomic E-state index is 10.7. The van der Waals surface area contributed by atoms with Crippen molar-refractivity contribution < 1.29 is 5.11 Å². The molecule has 1 nitrogen and oxygen atoms in total. The average molecular weight is 429 g/mol. The summed E-state index contributed by atoms with van der Waals surface area (Å²) in [7, 11) is 0. The van der Waals surface area contributed by atoms with Gasteiger partial charge in [0, 0.05) is 0 Å². The van der Waals surface area contributed by atoms with Gasteiger partial charge in [0.15, 0.2) is 0 Å². The van der Waals surface area contributed by atoms with Crippen LogP contribution in [0.25, 0.3) is 0 Å². The molecule has 5 aliphatic rings. The second-order valence-corrected chi connectivity index (χ2v) is 15.5. The van der Waals surface area contributed by atoms with Crippen LogP contribution in [0.4, 0.5) is 0 Å². The molecule has 5 aliphatic carbocycles. The van der Waals surface area contributed by atoms with Crippen molar-refractivity contribution in [2.75, 3.05) is 0 Å². The number of hydrogen-bond acceptors (Lipinski definition) is 1. The van der Waals surface area contributed by atoms with Crippen molar-refractivity contribution in [3.63, 3.8) is 0 Å². The summed E-state index contributed by atoms with van der Waals surface area (Å²) in [6, 6.07) is 0. The zero-order valence-electron chi connectivity index (χ0n) is 22.1. The van der Waals surface area contributed by atoms with E-state index in [9.17, 15) is 5.11 Å². The topological polar surface area (TPSA) is 20.2 Å². The van der Waals surface area contributed by atoms with Crippen molar-refractivity contribution in [2.24, 2.45) is 56.2 Å². The van der Waals surface area contributed by atoms with Crippen molar-refractivity contribution in [3.8, 4) is 0 Å². The first-order valence-electron chi connectivity index (χ1n) is 13.9. The van der Waals surface area contributed by atoms with Crippen LogP contribution in [0.5, 0.6) is 0 Å². The third-order valence-corrected chi connectivity index (χ3v) is 13.9. The Balaban J connectivity index is 1.54. The molecule has 7 unspecified atom stereocenters. The van der Waals surface area contributed by atoms with Crippen molar-refractivity contribution in [2.45, 2.75) is 132 Å². The molecule has 5 rings (SSSR count). The first-order chi connectivity index (χ1) is 14.2. The van der Waals surface area contributed by atoms with E-state index < -0.39 is 0 Å². The van der Waals surface area contributed by atoms with E-state index in [1.807, 2.05) is 0 Å². The summed E-state index contributed by atoms with van der Waals surface area (Å²) in [4.78, 5) is 0. The molecule has 10 atom stereocenters. The molecule has 31 heavy (non-hydrogen) atoms. The Hall–Kier alpha value is -0.0400. The van der Waals surface area contributed by atoms with Gasteiger partial charge in [0.1, 0.15) is 0 Å². The summed E-state index contributed by atoms with van der Waals surface area (Å²) in [6.45, 7) is 20.9. The fourth-order valence-electron chi connectivity index (χ4n) is 11.4. The van der Waals surface area contributed by atoms with Crippen molar-refractivity contribution in [3.05, 3.63) is 0 Å². The lowest BCUT2D eigenvalue weighted by atomic mass is 9.30. The molecule has 1 N–H and O–H groups in total. The molecule has 0 aliphatic heterocycles. The van der Waals surface area contributed by atoms with Crippen LogP contribution in [0.15, 0.2) is 0 Å². The van der Waals surface area contributed by atoms with E-state index in [1.54, 1.807) is 0 Å². The van der Waals surface area contributed by atoms with Crippen molar-refractivity contribution >= 4 is 0 Å². The number of aliphatic hydroxyl groups is 1. The van der Waals surface area contributed by atoms with Gasteiger partial charge in [0.2, 0.25) is 0 Å². The minimum absolute atomic E-state index is 0.0781. The van der Waals surface area contributed by atoms with Gasteiger partial charge in [0.05, 0.1) is 6.10 Å². The minimum atomic E-state index is -0.0781. The van der Waals surface area contributed by atoms with E-state index in [2.05, 4.69) is 55.4 Å². The van der Waals surface area contributed by atoms with Crippen LogP contribution >= 0.6 is 0 Å². The minimum Gasteiger partial charge on any atom is -0.393 e. The summed E-state index contributed by atoms with van der Waals surface area (Å²) >= 11 is 0. The van der Waals surface area contributed by atoms with Crippen LogP contribution in [-0.4, -0.2) is 11.2 Å². The predicted molar refractivity (Wildman–Crippen MR) is 131 cm³/mol. The predicted octanol–water partition coefficient (Wildman–Crippen LogP) is 8.25. The first-order valence-corrected chi connectivity index (χ1v) is 13.9. The van der Waals surface area contributed by atoms with E-state index in [1.165, 1.54) is 64.2 Å². The molecule has 178 valence electrons. The molecule has 0 radical (unpaired) electrons. The third kappa shape index (κ3) is 2.77. The Labute approximate surface area is 193 Å². The van der Waals surface area contributed by atoms with Gasteiger partial charge in [-0.3, -0.25) is 0 Å². The molecule has 0 saturated heterocycles. The Kier molecular flexibility index (Phi) is 4.80. The first kappa shape index (κ1) is 22.7. The van der Waals surface area contributed by atoms with Gasteiger partial charge in [-0.15, -0.1) is 0 Å². The highest BCUT2D eigenvalue weighted by Crippen LogP contribution is 2.78. The molecule has 0 amide bonds. The van der Waals surface area contributed by atoms with Gasteiger partial charge in [0.25, 0.3) is 0 Å². The zero-order chi connectivity index (χ0) is 22.7. The summed E-state index contributed by atoms with van der Waals surface area (Å²) in [5, 5.41) is 10.7. The third-order valence-electron chi connectivity index (χ3n) is 13.9. The normalized spacial score (nSPS) is 60.9. The lowest BCUT2D eigenvalue weighted by Gasteiger charge is -2.75. The molecule has 0 aromatic rings. The summed E-state index contributed by atoms with van der Waals surface area (Å²) in [5.74, 6) is 3.02. The van der Waals surface area contributed by atoms with E-state index >= 15 is 0 Å². The Morgan fingerprint density at radius 3 is 1.90 bits per heavy atom. The summed E-state index contributed by atoms with van der Waals surface area (Å²) < 4.78 is 0. The van der Waals surface area contributed by atoms with Crippen molar-refractivity contribution in [1.82, 2.24) is 0 Å². The lowest BCUT2D eigenvalue weighted by Crippen LogP contribution is -2.67. The molecular formula is C30H52O. The summed E-state index contributed by atoms with van der Waals surface area (Å²) in [5.41, 5.74) is 2.88. The largest absolute Gasteiger partial charge is 0.393 e. The molecule has 0 aromatic heterocycles. The fourth-order valence-corrected chi connectivity index (χ4v) is 11.4. The van der Waals surface area contributed by atoms with E-state index in [0.29, 0.717) is 38.4 Å². The molecule has 5 saturated carbocycles.